The van der Waals surface area contributed by atoms with Crippen LogP contribution < -0.4 is 5.32 Å². The van der Waals surface area contributed by atoms with E-state index in [4.69, 9.17) is 10.00 Å². The summed E-state index contributed by atoms with van der Waals surface area (Å²) in [4.78, 5) is 11.2. The predicted molar refractivity (Wildman–Crippen MR) is 56.8 cm³/mol. The zero-order valence-electron chi connectivity index (χ0n) is 8.40. The van der Waals surface area contributed by atoms with Gasteiger partial charge in [-0.25, -0.2) is 9.97 Å². The van der Waals surface area contributed by atoms with Gasteiger partial charge in [-0.15, -0.1) is 0 Å². The van der Waals surface area contributed by atoms with E-state index in [0.717, 1.165) is 5.39 Å². The van der Waals surface area contributed by atoms with Crippen LogP contribution in [0.2, 0.25) is 0 Å². The lowest BCUT2D eigenvalue weighted by molar-refractivity contribution is 0.0210. The number of rotatable bonds is 2. The third-order valence-corrected chi connectivity index (χ3v) is 2.57. The summed E-state index contributed by atoms with van der Waals surface area (Å²) >= 11 is 0. The first-order chi connectivity index (χ1) is 7.88. The van der Waals surface area contributed by atoms with E-state index in [-0.39, 0.29) is 6.04 Å². The Bertz CT molecular complexity index is 566. The normalized spacial score (nSPS) is 15.7. The van der Waals surface area contributed by atoms with Crippen molar-refractivity contribution in [3.63, 3.8) is 0 Å². The van der Waals surface area contributed by atoms with Gasteiger partial charge in [-0.3, -0.25) is 0 Å². The number of fused-ring (bicyclic) bond motifs is 1. The van der Waals surface area contributed by atoms with E-state index in [1.54, 1.807) is 6.20 Å². The number of H-pyrrole nitrogens is 1. The van der Waals surface area contributed by atoms with Crippen molar-refractivity contribution in [2.24, 2.45) is 0 Å². The molecule has 3 heterocycles. The monoisotopic (exact) mass is 215 g/mol. The van der Waals surface area contributed by atoms with Gasteiger partial charge in [-0.1, -0.05) is 0 Å². The average molecular weight is 215 g/mol. The van der Waals surface area contributed by atoms with E-state index in [9.17, 15) is 0 Å². The summed E-state index contributed by atoms with van der Waals surface area (Å²) in [5, 5.41) is 13.0. The van der Waals surface area contributed by atoms with Gasteiger partial charge in [0, 0.05) is 6.20 Å². The van der Waals surface area contributed by atoms with Crippen LogP contribution in [0.4, 0.5) is 5.82 Å². The number of ether oxygens (including phenoxy) is 1. The Morgan fingerprint density at radius 1 is 1.50 bits per heavy atom. The summed E-state index contributed by atoms with van der Waals surface area (Å²) in [5.41, 5.74) is 1.23. The van der Waals surface area contributed by atoms with Gasteiger partial charge >= 0.3 is 0 Å². The number of nitrogens with zero attached hydrogens (tertiary/aromatic N) is 3. The molecular weight excluding hydrogens is 206 g/mol. The third kappa shape index (κ3) is 1.30. The van der Waals surface area contributed by atoms with Gasteiger partial charge in [-0.2, -0.15) is 5.26 Å². The molecule has 0 saturated carbocycles. The second-order valence-corrected chi connectivity index (χ2v) is 3.64. The quantitative estimate of drug-likeness (QED) is 0.767. The summed E-state index contributed by atoms with van der Waals surface area (Å²) < 4.78 is 5.08. The van der Waals surface area contributed by atoms with Gasteiger partial charge < -0.3 is 15.0 Å². The minimum Gasteiger partial charge on any atom is -0.377 e. The molecule has 0 spiro atoms. The van der Waals surface area contributed by atoms with Crippen LogP contribution in [0.3, 0.4) is 0 Å². The fourth-order valence-corrected chi connectivity index (χ4v) is 1.67. The van der Waals surface area contributed by atoms with Crippen LogP contribution in [0.25, 0.3) is 11.0 Å². The van der Waals surface area contributed by atoms with Crippen molar-refractivity contribution in [2.75, 3.05) is 18.5 Å². The minimum absolute atomic E-state index is 0.277. The highest BCUT2D eigenvalue weighted by Crippen LogP contribution is 2.23. The molecule has 6 nitrogen and oxygen atoms in total. The van der Waals surface area contributed by atoms with Crippen molar-refractivity contribution < 1.29 is 4.74 Å². The van der Waals surface area contributed by atoms with Gasteiger partial charge in [0.2, 0.25) is 0 Å². The third-order valence-electron chi connectivity index (χ3n) is 2.57. The van der Waals surface area contributed by atoms with Crippen LogP contribution in [0.1, 0.15) is 5.56 Å². The first-order valence-corrected chi connectivity index (χ1v) is 4.95. The van der Waals surface area contributed by atoms with Crippen molar-refractivity contribution in [2.45, 2.75) is 6.04 Å². The van der Waals surface area contributed by atoms with Crippen LogP contribution in [0, 0.1) is 11.3 Å². The molecule has 1 aliphatic rings. The maximum atomic E-state index is 8.98. The van der Waals surface area contributed by atoms with Crippen molar-refractivity contribution in [3.8, 4) is 6.07 Å². The summed E-state index contributed by atoms with van der Waals surface area (Å²) in [7, 11) is 0. The average Bonchev–Trinajstić information content (AvgIpc) is 2.67. The SMILES string of the molecule is N#Cc1c[nH]c2ncnc(NC3COC3)c12. The standard InChI is InChI=1S/C10H9N5O/c11-1-6-2-12-9-8(6)10(14-5-13-9)15-7-3-16-4-7/h2,5,7H,3-4H2,(H2,12,13,14,15). The number of anilines is 1. The van der Waals surface area contributed by atoms with E-state index in [2.05, 4.69) is 26.3 Å². The lowest BCUT2D eigenvalue weighted by Gasteiger charge is -2.27. The van der Waals surface area contributed by atoms with Crippen molar-refractivity contribution in [3.05, 3.63) is 18.1 Å². The molecule has 3 rings (SSSR count). The van der Waals surface area contributed by atoms with Crippen LogP contribution in [0.15, 0.2) is 12.5 Å². The van der Waals surface area contributed by atoms with Crippen LogP contribution >= 0.6 is 0 Å². The zero-order valence-corrected chi connectivity index (χ0v) is 8.40. The van der Waals surface area contributed by atoms with E-state index >= 15 is 0 Å². The Morgan fingerprint density at radius 3 is 3.06 bits per heavy atom. The fourth-order valence-electron chi connectivity index (χ4n) is 1.67. The van der Waals surface area contributed by atoms with E-state index in [0.29, 0.717) is 30.2 Å². The summed E-state index contributed by atoms with van der Waals surface area (Å²) in [6, 6.07) is 2.39. The van der Waals surface area contributed by atoms with Gasteiger partial charge in [0.05, 0.1) is 30.2 Å². The van der Waals surface area contributed by atoms with E-state index < -0.39 is 0 Å². The smallest absolute Gasteiger partial charge is 0.144 e. The van der Waals surface area contributed by atoms with Crippen molar-refractivity contribution in [1.29, 1.82) is 5.26 Å². The lowest BCUT2D eigenvalue weighted by atomic mass is 10.2. The Labute approximate surface area is 91.3 Å². The van der Waals surface area contributed by atoms with Gasteiger partial charge in [0.1, 0.15) is 23.9 Å². The van der Waals surface area contributed by atoms with Crippen molar-refractivity contribution >= 4 is 16.9 Å². The van der Waals surface area contributed by atoms with Crippen LogP contribution in [0.5, 0.6) is 0 Å². The van der Waals surface area contributed by atoms with Crippen LogP contribution in [-0.4, -0.2) is 34.2 Å². The number of aromatic amines is 1. The molecule has 0 aliphatic carbocycles. The first kappa shape index (κ1) is 9.12. The largest absolute Gasteiger partial charge is 0.377 e. The van der Waals surface area contributed by atoms with E-state index in [1.807, 2.05) is 0 Å². The second kappa shape index (κ2) is 3.47. The molecule has 1 saturated heterocycles. The molecule has 6 heteroatoms. The number of nitriles is 1. The highest BCUT2D eigenvalue weighted by Gasteiger charge is 2.20. The molecule has 16 heavy (non-hydrogen) atoms. The molecule has 2 aromatic rings. The molecule has 80 valence electrons. The molecule has 0 aromatic carbocycles. The Balaban J connectivity index is 2.08. The molecule has 2 N–H and O–H groups in total. The molecule has 0 atom stereocenters. The maximum absolute atomic E-state index is 8.98. The lowest BCUT2D eigenvalue weighted by Crippen LogP contribution is -2.40. The molecular formula is C10H9N5O. The molecule has 0 radical (unpaired) electrons. The molecule has 0 unspecified atom stereocenters. The Hall–Kier alpha value is -2.13. The number of aromatic nitrogens is 3. The van der Waals surface area contributed by atoms with Gasteiger partial charge in [0.25, 0.3) is 0 Å². The second-order valence-electron chi connectivity index (χ2n) is 3.64. The van der Waals surface area contributed by atoms with Gasteiger partial charge in [-0.05, 0) is 0 Å². The van der Waals surface area contributed by atoms with Crippen LogP contribution in [-0.2, 0) is 4.74 Å². The Morgan fingerprint density at radius 2 is 2.38 bits per heavy atom. The van der Waals surface area contributed by atoms with E-state index in [1.165, 1.54) is 6.33 Å². The summed E-state index contributed by atoms with van der Waals surface area (Å²) in [6.45, 7) is 1.36. The topological polar surface area (TPSA) is 86.6 Å². The summed E-state index contributed by atoms with van der Waals surface area (Å²) in [6.07, 6.45) is 3.11. The molecule has 1 aliphatic heterocycles. The first-order valence-electron chi connectivity index (χ1n) is 4.95. The predicted octanol–water partition coefficient (Wildman–Crippen LogP) is 0.640. The Kier molecular flexibility index (Phi) is 1.98. The molecule has 0 bridgehead atoms. The van der Waals surface area contributed by atoms with Crippen molar-refractivity contribution in [1.82, 2.24) is 15.0 Å². The fraction of sp³-hybridized carbons (Fsp3) is 0.300. The summed E-state index contributed by atoms with van der Waals surface area (Å²) in [5.74, 6) is 0.691. The molecule has 2 aromatic heterocycles. The molecule has 0 amide bonds. The van der Waals surface area contributed by atoms with Gasteiger partial charge in [0.15, 0.2) is 0 Å². The zero-order chi connectivity index (χ0) is 11.0. The maximum Gasteiger partial charge on any atom is 0.144 e. The number of hydrogen-bond acceptors (Lipinski definition) is 5. The minimum atomic E-state index is 0.277. The number of nitrogens with one attached hydrogen (secondary N) is 2. The molecule has 1 fully saturated rings. The number of hydrogen-bond donors (Lipinski definition) is 2. The highest BCUT2D eigenvalue weighted by molar-refractivity contribution is 5.92. The highest BCUT2D eigenvalue weighted by atomic mass is 16.5.